The van der Waals surface area contributed by atoms with Gasteiger partial charge < -0.3 is 9.64 Å². The van der Waals surface area contributed by atoms with Gasteiger partial charge in [0.05, 0.1) is 18.1 Å². The summed E-state index contributed by atoms with van der Waals surface area (Å²) in [6.07, 6.45) is -0.424. The number of hydrogen-bond donors (Lipinski definition) is 0. The molecular formula is C18H17FN2O4. The monoisotopic (exact) mass is 344 g/mol. The van der Waals surface area contributed by atoms with Crippen LogP contribution in [0.5, 0.6) is 0 Å². The zero-order valence-electron chi connectivity index (χ0n) is 13.6. The van der Waals surface area contributed by atoms with E-state index in [1.165, 1.54) is 24.3 Å². The van der Waals surface area contributed by atoms with Crippen molar-refractivity contribution < 1.29 is 18.8 Å². The summed E-state index contributed by atoms with van der Waals surface area (Å²) in [6, 6.07) is 10.3. The third kappa shape index (κ3) is 3.66. The molecule has 1 aliphatic rings. The standard InChI is InChI=1S/C18H17FN2O4/c1-12-5-6-15(21(23)24)10-16(12)18(22)20-7-8-25-17(11-20)13-3-2-4-14(19)9-13/h2-6,9-10,17H,7-8,11H2,1H3/t17-/m0/s1. The molecule has 25 heavy (non-hydrogen) atoms. The maximum atomic E-state index is 13.4. The van der Waals surface area contributed by atoms with Crippen LogP contribution < -0.4 is 0 Å². The molecule has 1 heterocycles. The average molecular weight is 344 g/mol. The fourth-order valence-corrected chi connectivity index (χ4v) is 2.87. The lowest BCUT2D eigenvalue weighted by Crippen LogP contribution is -2.42. The van der Waals surface area contributed by atoms with Crippen molar-refractivity contribution in [2.45, 2.75) is 13.0 Å². The highest BCUT2D eigenvalue weighted by Crippen LogP contribution is 2.25. The molecule has 2 aromatic rings. The van der Waals surface area contributed by atoms with E-state index in [2.05, 4.69) is 0 Å². The number of rotatable bonds is 3. The molecule has 0 radical (unpaired) electrons. The van der Waals surface area contributed by atoms with Crippen molar-refractivity contribution in [2.75, 3.05) is 19.7 Å². The lowest BCUT2D eigenvalue weighted by atomic mass is 10.0. The Morgan fingerprint density at radius 3 is 2.84 bits per heavy atom. The lowest BCUT2D eigenvalue weighted by molar-refractivity contribution is -0.384. The van der Waals surface area contributed by atoms with Gasteiger partial charge in [-0.1, -0.05) is 18.2 Å². The first-order chi connectivity index (χ1) is 12.0. The maximum Gasteiger partial charge on any atom is 0.270 e. The van der Waals surface area contributed by atoms with Crippen molar-refractivity contribution in [3.8, 4) is 0 Å². The van der Waals surface area contributed by atoms with Gasteiger partial charge in [0.2, 0.25) is 0 Å². The summed E-state index contributed by atoms with van der Waals surface area (Å²) in [6.45, 7) is 2.71. The number of benzene rings is 2. The molecule has 7 heteroatoms. The van der Waals surface area contributed by atoms with Crippen LogP contribution in [-0.2, 0) is 4.74 Å². The van der Waals surface area contributed by atoms with Gasteiger partial charge in [-0.25, -0.2) is 4.39 Å². The first-order valence-electron chi connectivity index (χ1n) is 7.87. The van der Waals surface area contributed by atoms with Crippen LogP contribution >= 0.6 is 0 Å². The number of non-ortho nitro benzene ring substituents is 1. The number of halogens is 1. The van der Waals surface area contributed by atoms with Crippen LogP contribution in [0, 0.1) is 22.9 Å². The molecule has 6 nitrogen and oxygen atoms in total. The van der Waals surface area contributed by atoms with Gasteiger partial charge in [0.25, 0.3) is 11.6 Å². The molecule has 0 spiro atoms. The smallest absolute Gasteiger partial charge is 0.270 e. The van der Waals surface area contributed by atoms with Gasteiger partial charge in [-0.15, -0.1) is 0 Å². The summed E-state index contributed by atoms with van der Waals surface area (Å²) in [5.41, 5.74) is 1.51. The number of nitro groups is 1. The van der Waals surface area contributed by atoms with E-state index in [-0.39, 0.29) is 24.0 Å². The highest BCUT2D eigenvalue weighted by Gasteiger charge is 2.28. The van der Waals surface area contributed by atoms with Gasteiger partial charge in [-0.2, -0.15) is 0 Å². The Bertz CT molecular complexity index is 824. The Labute approximate surface area is 144 Å². The topological polar surface area (TPSA) is 72.7 Å². The maximum absolute atomic E-state index is 13.4. The van der Waals surface area contributed by atoms with Crippen LogP contribution in [-0.4, -0.2) is 35.4 Å². The fraction of sp³-hybridized carbons (Fsp3) is 0.278. The molecule has 0 saturated carbocycles. The van der Waals surface area contributed by atoms with E-state index in [0.717, 1.165) is 0 Å². The molecule has 1 saturated heterocycles. The highest BCUT2D eigenvalue weighted by atomic mass is 19.1. The minimum Gasteiger partial charge on any atom is -0.370 e. The van der Waals surface area contributed by atoms with E-state index < -0.39 is 11.0 Å². The Morgan fingerprint density at radius 1 is 1.32 bits per heavy atom. The van der Waals surface area contributed by atoms with E-state index in [0.29, 0.717) is 29.8 Å². The molecule has 1 atom stereocenters. The second kappa shape index (κ2) is 6.98. The molecule has 1 fully saturated rings. The van der Waals surface area contributed by atoms with Gasteiger partial charge in [-0.05, 0) is 30.2 Å². The summed E-state index contributed by atoms with van der Waals surface area (Å²) >= 11 is 0. The second-order valence-corrected chi connectivity index (χ2v) is 5.92. The molecule has 0 N–H and O–H groups in total. The van der Waals surface area contributed by atoms with Crippen LogP contribution in [0.1, 0.15) is 27.6 Å². The SMILES string of the molecule is Cc1ccc([N+](=O)[O-])cc1C(=O)N1CCO[C@H](c2cccc(F)c2)C1. The number of nitro benzene ring substituents is 1. The van der Waals surface area contributed by atoms with Gasteiger partial charge in [-0.3, -0.25) is 14.9 Å². The fourth-order valence-electron chi connectivity index (χ4n) is 2.87. The van der Waals surface area contributed by atoms with E-state index in [1.807, 2.05) is 0 Å². The van der Waals surface area contributed by atoms with Crippen LogP contribution in [0.15, 0.2) is 42.5 Å². The first kappa shape index (κ1) is 17.0. The molecule has 1 aliphatic heterocycles. The number of aryl methyl sites for hydroxylation is 1. The van der Waals surface area contributed by atoms with E-state index in [9.17, 15) is 19.3 Å². The quantitative estimate of drug-likeness (QED) is 0.633. The first-order valence-corrected chi connectivity index (χ1v) is 7.87. The van der Waals surface area contributed by atoms with E-state index >= 15 is 0 Å². The molecule has 0 unspecified atom stereocenters. The largest absolute Gasteiger partial charge is 0.370 e. The number of carbonyl (C=O) groups excluding carboxylic acids is 1. The zero-order valence-corrected chi connectivity index (χ0v) is 13.6. The number of carbonyl (C=O) groups is 1. The van der Waals surface area contributed by atoms with Gasteiger partial charge in [0, 0.05) is 24.2 Å². The Kier molecular flexibility index (Phi) is 4.76. The molecule has 0 bridgehead atoms. The predicted octanol–water partition coefficient (Wildman–Crippen LogP) is 3.26. The van der Waals surface area contributed by atoms with Crippen molar-refractivity contribution in [2.24, 2.45) is 0 Å². The van der Waals surface area contributed by atoms with Gasteiger partial charge in [0.15, 0.2) is 0 Å². The highest BCUT2D eigenvalue weighted by molar-refractivity contribution is 5.96. The van der Waals surface area contributed by atoms with Crippen LogP contribution in [0.25, 0.3) is 0 Å². The average Bonchev–Trinajstić information content (AvgIpc) is 2.61. The molecular weight excluding hydrogens is 327 g/mol. The zero-order chi connectivity index (χ0) is 18.0. The van der Waals surface area contributed by atoms with Crippen LogP contribution in [0.3, 0.4) is 0 Å². The minimum atomic E-state index is -0.523. The molecule has 2 aromatic carbocycles. The predicted molar refractivity (Wildman–Crippen MR) is 88.8 cm³/mol. The number of hydrogen-bond acceptors (Lipinski definition) is 4. The molecule has 130 valence electrons. The summed E-state index contributed by atoms with van der Waals surface area (Å²) < 4.78 is 19.1. The number of ether oxygens (including phenoxy) is 1. The third-order valence-corrected chi connectivity index (χ3v) is 4.24. The van der Waals surface area contributed by atoms with Crippen molar-refractivity contribution in [3.05, 3.63) is 75.1 Å². The molecule has 1 amide bonds. The molecule has 0 aromatic heterocycles. The molecule has 0 aliphatic carbocycles. The number of morpholine rings is 1. The van der Waals surface area contributed by atoms with E-state index in [1.54, 1.807) is 30.0 Å². The minimum absolute atomic E-state index is 0.121. The summed E-state index contributed by atoms with van der Waals surface area (Å²) in [5.74, 6) is -0.648. The van der Waals surface area contributed by atoms with Gasteiger partial charge >= 0.3 is 0 Å². The van der Waals surface area contributed by atoms with Gasteiger partial charge in [0.1, 0.15) is 11.9 Å². The van der Waals surface area contributed by atoms with Crippen molar-refractivity contribution in [1.82, 2.24) is 4.90 Å². The molecule has 3 rings (SSSR count). The van der Waals surface area contributed by atoms with Crippen LogP contribution in [0.2, 0.25) is 0 Å². The van der Waals surface area contributed by atoms with E-state index in [4.69, 9.17) is 4.74 Å². The Balaban J connectivity index is 1.83. The second-order valence-electron chi connectivity index (χ2n) is 5.92. The van der Waals surface area contributed by atoms with Crippen molar-refractivity contribution in [3.63, 3.8) is 0 Å². The number of nitrogens with zero attached hydrogens (tertiary/aromatic N) is 2. The van der Waals surface area contributed by atoms with Crippen molar-refractivity contribution >= 4 is 11.6 Å². The third-order valence-electron chi connectivity index (χ3n) is 4.24. The summed E-state index contributed by atoms with van der Waals surface area (Å²) in [4.78, 5) is 24.8. The number of amides is 1. The van der Waals surface area contributed by atoms with Crippen LogP contribution in [0.4, 0.5) is 10.1 Å². The van der Waals surface area contributed by atoms with Crippen molar-refractivity contribution in [1.29, 1.82) is 0 Å². The summed E-state index contributed by atoms with van der Waals surface area (Å²) in [5, 5.41) is 11.0. The normalized spacial score (nSPS) is 17.4. The Hall–Kier alpha value is -2.80. The Morgan fingerprint density at radius 2 is 2.12 bits per heavy atom. The lowest BCUT2D eigenvalue weighted by Gasteiger charge is -2.33. The summed E-state index contributed by atoms with van der Waals surface area (Å²) in [7, 11) is 0.